The first-order valence-electron chi connectivity index (χ1n) is 6.72. The predicted octanol–water partition coefficient (Wildman–Crippen LogP) is 2.04. The van der Waals surface area contributed by atoms with Gasteiger partial charge in [0, 0.05) is 5.54 Å². The van der Waals surface area contributed by atoms with Crippen LogP contribution >= 0.6 is 0 Å². The number of carbonyl (C=O) groups is 2. The van der Waals surface area contributed by atoms with Gasteiger partial charge in [-0.3, -0.25) is 10.1 Å². The van der Waals surface area contributed by atoms with Gasteiger partial charge in [0.15, 0.2) is 0 Å². The fourth-order valence-corrected chi connectivity index (χ4v) is 1.68. The maximum absolute atomic E-state index is 11.7. The van der Waals surface area contributed by atoms with E-state index in [2.05, 4.69) is 16.0 Å². The Morgan fingerprint density at radius 3 is 2.48 bits per heavy atom. The van der Waals surface area contributed by atoms with Gasteiger partial charge in [-0.25, -0.2) is 4.79 Å². The quantitative estimate of drug-likeness (QED) is 0.793. The molecule has 0 unspecified atom stereocenters. The van der Waals surface area contributed by atoms with Crippen LogP contribution in [0.3, 0.4) is 0 Å². The van der Waals surface area contributed by atoms with Gasteiger partial charge in [-0.2, -0.15) is 0 Å². The Balaban J connectivity index is 2.54. The van der Waals surface area contributed by atoms with Crippen LogP contribution in [-0.4, -0.2) is 31.1 Å². The van der Waals surface area contributed by atoms with Crippen molar-refractivity contribution in [2.45, 2.75) is 33.2 Å². The van der Waals surface area contributed by atoms with E-state index >= 15 is 0 Å². The molecule has 0 radical (unpaired) electrons. The van der Waals surface area contributed by atoms with Crippen molar-refractivity contribution in [2.75, 3.05) is 19.0 Å². The van der Waals surface area contributed by atoms with E-state index in [0.29, 0.717) is 11.4 Å². The molecule has 0 bridgehead atoms. The van der Waals surface area contributed by atoms with Crippen molar-refractivity contribution in [1.29, 1.82) is 0 Å². The van der Waals surface area contributed by atoms with E-state index in [0.717, 1.165) is 5.56 Å². The van der Waals surface area contributed by atoms with Crippen molar-refractivity contribution in [3.63, 3.8) is 0 Å². The molecular weight excluding hydrogens is 270 g/mol. The molecule has 0 aromatic heterocycles. The number of rotatable bonds is 4. The lowest BCUT2D eigenvalue weighted by Gasteiger charge is -2.20. The van der Waals surface area contributed by atoms with Crippen molar-refractivity contribution in [3.05, 3.63) is 23.8 Å². The van der Waals surface area contributed by atoms with Gasteiger partial charge in [0.1, 0.15) is 5.75 Å². The van der Waals surface area contributed by atoms with E-state index in [-0.39, 0.29) is 6.54 Å². The smallest absolute Gasteiger partial charge is 0.321 e. The molecule has 0 aliphatic heterocycles. The molecule has 0 spiro atoms. The lowest BCUT2D eigenvalue weighted by Crippen LogP contribution is -2.49. The molecule has 6 heteroatoms. The Morgan fingerprint density at radius 2 is 1.90 bits per heavy atom. The summed E-state index contributed by atoms with van der Waals surface area (Å²) < 4.78 is 5.21. The first kappa shape index (κ1) is 16.8. The van der Waals surface area contributed by atoms with Crippen LogP contribution in [-0.2, 0) is 4.79 Å². The zero-order chi connectivity index (χ0) is 16.0. The van der Waals surface area contributed by atoms with Gasteiger partial charge in [-0.05, 0) is 45.4 Å². The molecule has 0 atom stereocenters. The number of ether oxygens (including phenoxy) is 1. The molecule has 0 heterocycles. The second-order valence-electron chi connectivity index (χ2n) is 5.81. The monoisotopic (exact) mass is 293 g/mol. The molecule has 0 saturated carbocycles. The molecule has 3 amide bonds. The molecule has 0 saturated heterocycles. The van der Waals surface area contributed by atoms with Gasteiger partial charge in [-0.15, -0.1) is 0 Å². The third kappa shape index (κ3) is 6.16. The van der Waals surface area contributed by atoms with E-state index in [1.807, 2.05) is 45.9 Å². The van der Waals surface area contributed by atoms with Gasteiger partial charge in [0.25, 0.3) is 0 Å². The normalized spacial score (nSPS) is 10.7. The molecule has 0 fully saturated rings. The zero-order valence-electron chi connectivity index (χ0n) is 13.2. The zero-order valence-corrected chi connectivity index (χ0v) is 13.2. The predicted molar refractivity (Wildman–Crippen MR) is 82.6 cm³/mol. The lowest BCUT2D eigenvalue weighted by molar-refractivity contribution is -0.118. The van der Waals surface area contributed by atoms with Crippen LogP contribution in [0.4, 0.5) is 10.5 Å². The summed E-state index contributed by atoms with van der Waals surface area (Å²) in [6, 6.07) is 5.11. The minimum absolute atomic E-state index is 0.0165. The Hall–Kier alpha value is -2.24. The average molecular weight is 293 g/mol. The first-order chi connectivity index (χ1) is 9.71. The highest BCUT2D eigenvalue weighted by Gasteiger charge is 2.15. The number of aryl methyl sites for hydroxylation is 1. The number of urea groups is 1. The topological polar surface area (TPSA) is 79.5 Å². The summed E-state index contributed by atoms with van der Waals surface area (Å²) in [5, 5.41) is 7.88. The molecule has 0 aliphatic rings. The second kappa shape index (κ2) is 6.97. The highest BCUT2D eigenvalue weighted by Crippen LogP contribution is 2.24. The highest BCUT2D eigenvalue weighted by molar-refractivity contribution is 5.96. The summed E-state index contributed by atoms with van der Waals surface area (Å²) in [4.78, 5) is 23.3. The van der Waals surface area contributed by atoms with Crippen LogP contribution in [0.1, 0.15) is 26.3 Å². The van der Waals surface area contributed by atoms with Crippen LogP contribution in [0, 0.1) is 6.92 Å². The highest BCUT2D eigenvalue weighted by atomic mass is 16.5. The number of carbonyl (C=O) groups excluding carboxylic acids is 2. The van der Waals surface area contributed by atoms with Crippen molar-refractivity contribution in [1.82, 2.24) is 10.6 Å². The van der Waals surface area contributed by atoms with Crippen LogP contribution in [0.25, 0.3) is 0 Å². The van der Waals surface area contributed by atoms with Gasteiger partial charge >= 0.3 is 6.03 Å². The Bertz CT molecular complexity index is 521. The van der Waals surface area contributed by atoms with E-state index < -0.39 is 17.5 Å². The third-order valence-corrected chi connectivity index (χ3v) is 2.54. The SMILES string of the molecule is COc1ccc(C)cc1NCC(=O)NC(=O)NC(C)(C)C. The maximum Gasteiger partial charge on any atom is 0.321 e. The third-order valence-electron chi connectivity index (χ3n) is 2.54. The van der Waals surface area contributed by atoms with E-state index in [4.69, 9.17) is 4.74 Å². The van der Waals surface area contributed by atoms with Crippen molar-refractivity contribution in [3.8, 4) is 5.75 Å². The maximum atomic E-state index is 11.7. The van der Waals surface area contributed by atoms with E-state index in [1.54, 1.807) is 7.11 Å². The van der Waals surface area contributed by atoms with Crippen LogP contribution in [0.5, 0.6) is 5.75 Å². The molecule has 1 aromatic rings. The Kier molecular flexibility index (Phi) is 5.58. The summed E-state index contributed by atoms with van der Waals surface area (Å²) in [5.74, 6) is 0.229. The van der Waals surface area contributed by atoms with Crippen LogP contribution in [0.2, 0.25) is 0 Å². The van der Waals surface area contributed by atoms with E-state index in [9.17, 15) is 9.59 Å². The number of imide groups is 1. The van der Waals surface area contributed by atoms with Crippen molar-refractivity contribution in [2.24, 2.45) is 0 Å². The summed E-state index contributed by atoms with van der Waals surface area (Å²) in [6.07, 6.45) is 0. The number of amides is 3. The van der Waals surface area contributed by atoms with Crippen LogP contribution in [0.15, 0.2) is 18.2 Å². The summed E-state index contributed by atoms with van der Waals surface area (Å²) >= 11 is 0. The molecule has 6 nitrogen and oxygen atoms in total. The Labute approximate surface area is 125 Å². The van der Waals surface area contributed by atoms with Crippen LogP contribution < -0.4 is 20.7 Å². The molecule has 1 rings (SSSR count). The molecule has 1 aromatic carbocycles. The van der Waals surface area contributed by atoms with E-state index in [1.165, 1.54) is 0 Å². The summed E-state index contributed by atoms with van der Waals surface area (Å²) in [5.41, 5.74) is 1.37. The number of methoxy groups -OCH3 is 1. The second-order valence-corrected chi connectivity index (χ2v) is 5.81. The van der Waals surface area contributed by atoms with Crippen molar-refractivity contribution >= 4 is 17.6 Å². The minimum atomic E-state index is -0.509. The standard InChI is InChI=1S/C15H23N3O3/c1-10-6-7-12(21-5)11(8-10)16-9-13(19)17-14(20)18-15(2,3)4/h6-8,16H,9H2,1-5H3,(H2,17,18,19,20). The number of hydrogen-bond acceptors (Lipinski definition) is 4. The number of benzene rings is 1. The van der Waals surface area contributed by atoms with Crippen molar-refractivity contribution < 1.29 is 14.3 Å². The Morgan fingerprint density at radius 1 is 1.24 bits per heavy atom. The molecule has 116 valence electrons. The summed E-state index contributed by atoms with van der Waals surface area (Å²) in [7, 11) is 1.56. The summed E-state index contributed by atoms with van der Waals surface area (Å²) in [6.45, 7) is 7.45. The molecule has 21 heavy (non-hydrogen) atoms. The fourth-order valence-electron chi connectivity index (χ4n) is 1.68. The average Bonchev–Trinajstić information content (AvgIpc) is 2.34. The van der Waals surface area contributed by atoms with Gasteiger partial charge in [-0.1, -0.05) is 6.07 Å². The number of hydrogen-bond donors (Lipinski definition) is 3. The largest absolute Gasteiger partial charge is 0.495 e. The molecule has 3 N–H and O–H groups in total. The first-order valence-corrected chi connectivity index (χ1v) is 6.72. The van der Waals surface area contributed by atoms with Gasteiger partial charge < -0.3 is 15.4 Å². The number of anilines is 1. The molecular formula is C15H23N3O3. The molecule has 0 aliphatic carbocycles. The number of nitrogens with one attached hydrogen (secondary N) is 3. The van der Waals surface area contributed by atoms with Gasteiger partial charge in [0.2, 0.25) is 5.91 Å². The van der Waals surface area contributed by atoms with Gasteiger partial charge in [0.05, 0.1) is 19.3 Å². The fraction of sp³-hybridized carbons (Fsp3) is 0.467. The minimum Gasteiger partial charge on any atom is -0.495 e. The lowest BCUT2D eigenvalue weighted by atomic mass is 10.1.